The Morgan fingerprint density at radius 3 is 2.40 bits per heavy atom. The molecule has 1 aromatic carbocycles. The Kier molecular flexibility index (Phi) is 6.14. The van der Waals surface area contributed by atoms with E-state index >= 15 is 0 Å². The fraction of sp³-hybridized carbons (Fsp3) is 0.500. The molecule has 0 spiro atoms. The van der Waals surface area contributed by atoms with Gasteiger partial charge in [-0.3, -0.25) is 14.4 Å². The van der Waals surface area contributed by atoms with Crippen molar-refractivity contribution in [2.45, 2.75) is 38.8 Å². The smallest absolute Gasteiger partial charge is 0.244 e. The number of nitrogens with two attached hydrogens (primary N) is 2. The van der Waals surface area contributed by atoms with Crippen LogP contribution in [0.25, 0.3) is 0 Å². The summed E-state index contributed by atoms with van der Waals surface area (Å²) < 4.78 is 0. The fourth-order valence-electron chi connectivity index (χ4n) is 3.03. The number of hydrogen-bond acceptors (Lipinski definition) is 4. The van der Waals surface area contributed by atoms with Gasteiger partial charge in [0.25, 0.3) is 0 Å². The highest BCUT2D eigenvalue weighted by Crippen LogP contribution is 2.17. The van der Waals surface area contributed by atoms with Gasteiger partial charge in [0.1, 0.15) is 12.6 Å². The zero-order chi connectivity index (χ0) is 18.6. The van der Waals surface area contributed by atoms with Crippen molar-refractivity contribution in [2.75, 3.05) is 13.2 Å². The Labute approximate surface area is 147 Å². The van der Waals surface area contributed by atoms with Gasteiger partial charge in [-0.1, -0.05) is 44.2 Å². The summed E-state index contributed by atoms with van der Waals surface area (Å²) >= 11 is 0. The number of rotatable bonds is 7. The lowest BCUT2D eigenvalue weighted by atomic mass is 10.0. The monoisotopic (exact) mass is 346 g/mol. The van der Waals surface area contributed by atoms with Gasteiger partial charge in [0.05, 0.1) is 12.7 Å². The van der Waals surface area contributed by atoms with E-state index in [1.54, 1.807) is 0 Å². The zero-order valence-electron chi connectivity index (χ0n) is 14.7. The molecule has 0 radical (unpaired) electrons. The minimum absolute atomic E-state index is 0.0455. The Morgan fingerprint density at radius 2 is 1.84 bits per heavy atom. The van der Waals surface area contributed by atoms with Crippen LogP contribution in [0, 0.1) is 5.92 Å². The van der Waals surface area contributed by atoms with Crippen LogP contribution in [0.2, 0.25) is 0 Å². The Balaban J connectivity index is 2.08. The van der Waals surface area contributed by atoms with E-state index in [2.05, 4.69) is 0 Å². The molecule has 1 fully saturated rings. The number of carbonyl (C=O) groups is 3. The van der Waals surface area contributed by atoms with E-state index in [0.29, 0.717) is 12.8 Å². The number of carbonyl (C=O) groups excluding carboxylic acids is 3. The van der Waals surface area contributed by atoms with Crippen LogP contribution in [0.5, 0.6) is 0 Å². The van der Waals surface area contributed by atoms with Crippen LogP contribution in [-0.2, 0) is 20.8 Å². The van der Waals surface area contributed by atoms with Gasteiger partial charge < -0.3 is 21.3 Å². The lowest BCUT2D eigenvalue weighted by molar-refractivity contribution is -0.135. The lowest BCUT2D eigenvalue weighted by Crippen LogP contribution is -2.49. The van der Waals surface area contributed by atoms with Crippen molar-refractivity contribution in [3.63, 3.8) is 0 Å². The summed E-state index contributed by atoms with van der Waals surface area (Å²) in [5, 5.41) is 0. The molecule has 0 saturated carbocycles. The third-order valence-electron chi connectivity index (χ3n) is 4.30. The van der Waals surface area contributed by atoms with E-state index in [4.69, 9.17) is 11.5 Å². The van der Waals surface area contributed by atoms with Crippen molar-refractivity contribution >= 4 is 17.7 Å². The molecule has 25 heavy (non-hydrogen) atoms. The number of benzene rings is 1. The highest BCUT2D eigenvalue weighted by Gasteiger charge is 2.38. The summed E-state index contributed by atoms with van der Waals surface area (Å²) in [7, 11) is 0. The highest BCUT2D eigenvalue weighted by atomic mass is 16.2. The molecule has 136 valence electrons. The van der Waals surface area contributed by atoms with Crippen LogP contribution in [-0.4, -0.2) is 52.8 Å². The molecular weight excluding hydrogens is 320 g/mol. The van der Waals surface area contributed by atoms with Crippen molar-refractivity contribution < 1.29 is 14.4 Å². The standard InChI is InChI=1S/C18H26N4O3/c1-12(2)8-14(19)18(25)21-10-16(23)22(11-21)15(17(20)24)9-13-6-4-3-5-7-13/h3-7,12,14-15H,8-11,19H2,1-2H3,(H2,20,24)/t14-,15-/m0/s1. The molecule has 2 atom stereocenters. The van der Waals surface area contributed by atoms with Crippen LogP contribution < -0.4 is 11.5 Å². The number of nitrogens with zero attached hydrogens (tertiary/aromatic N) is 2. The van der Waals surface area contributed by atoms with Gasteiger partial charge >= 0.3 is 0 Å². The molecule has 1 aliphatic heterocycles. The highest BCUT2D eigenvalue weighted by molar-refractivity contribution is 5.93. The van der Waals surface area contributed by atoms with E-state index in [9.17, 15) is 14.4 Å². The summed E-state index contributed by atoms with van der Waals surface area (Å²) in [5.41, 5.74) is 12.4. The Bertz CT molecular complexity index is 632. The maximum Gasteiger partial charge on any atom is 0.244 e. The van der Waals surface area contributed by atoms with Gasteiger partial charge in [-0.05, 0) is 17.9 Å². The van der Waals surface area contributed by atoms with Crippen molar-refractivity contribution in [3.8, 4) is 0 Å². The predicted octanol–water partition coefficient (Wildman–Crippen LogP) is 0.0847. The first-order valence-corrected chi connectivity index (χ1v) is 8.46. The van der Waals surface area contributed by atoms with Gasteiger partial charge in [-0.2, -0.15) is 0 Å². The first kappa shape index (κ1) is 18.9. The third-order valence-corrected chi connectivity index (χ3v) is 4.30. The second kappa shape index (κ2) is 8.11. The number of amides is 3. The van der Waals surface area contributed by atoms with Crippen molar-refractivity contribution in [2.24, 2.45) is 17.4 Å². The zero-order valence-corrected chi connectivity index (χ0v) is 14.7. The van der Waals surface area contributed by atoms with Crippen molar-refractivity contribution in [1.82, 2.24) is 9.80 Å². The van der Waals surface area contributed by atoms with Crippen molar-refractivity contribution in [1.29, 1.82) is 0 Å². The minimum Gasteiger partial charge on any atom is -0.368 e. The van der Waals surface area contributed by atoms with Gasteiger partial charge in [-0.15, -0.1) is 0 Å². The molecule has 1 heterocycles. The van der Waals surface area contributed by atoms with E-state index in [-0.39, 0.29) is 30.9 Å². The molecule has 0 unspecified atom stereocenters. The Morgan fingerprint density at radius 1 is 1.20 bits per heavy atom. The fourth-order valence-corrected chi connectivity index (χ4v) is 3.03. The quantitative estimate of drug-likeness (QED) is 0.729. The maximum absolute atomic E-state index is 12.4. The van der Waals surface area contributed by atoms with E-state index in [1.807, 2.05) is 44.2 Å². The van der Waals surface area contributed by atoms with E-state index in [0.717, 1.165) is 5.56 Å². The van der Waals surface area contributed by atoms with Gasteiger partial charge in [0.2, 0.25) is 17.7 Å². The summed E-state index contributed by atoms with van der Waals surface area (Å²) in [6, 6.07) is 7.92. The number of hydrogen-bond donors (Lipinski definition) is 2. The molecule has 4 N–H and O–H groups in total. The first-order chi connectivity index (χ1) is 11.8. The topological polar surface area (TPSA) is 110 Å². The molecule has 0 aromatic heterocycles. The van der Waals surface area contributed by atoms with Crippen LogP contribution >= 0.6 is 0 Å². The molecule has 1 saturated heterocycles. The van der Waals surface area contributed by atoms with Crippen LogP contribution in [0.3, 0.4) is 0 Å². The summed E-state index contributed by atoms with van der Waals surface area (Å²) in [6.45, 7) is 3.95. The molecule has 1 aliphatic rings. The first-order valence-electron chi connectivity index (χ1n) is 8.46. The molecule has 0 aliphatic carbocycles. The number of primary amides is 1. The average molecular weight is 346 g/mol. The molecule has 1 aromatic rings. The van der Waals surface area contributed by atoms with Crippen LogP contribution in [0.1, 0.15) is 25.8 Å². The minimum atomic E-state index is -0.783. The van der Waals surface area contributed by atoms with Crippen molar-refractivity contribution in [3.05, 3.63) is 35.9 Å². The summed E-state index contributed by atoms with van der Waals surface area (Å²) in [4.78, 5) is 39.4. The summed E-state index contributed by atoms with van der Waals surface area (Å²) in [5.74, 6) is -0.861. The lowest BCUT2D eigenvalue weighted by Gasteiger charge is -2.26. The molecule has 7 nitrogen and oxygen atoms in total. The van der Waals surface area contributed by atoms with E-state index in [1.165, 1.54) is 9.80 Å². The third kappa shape index (κ3) is 4.79. The Hall–Kier alpha value is -2.41. The molecule has 3 amide bonds. The molecule has 2 rings (SSSR count). The van der Waals surface area contributed by atoms with Crippen LogP contribution in [0.15, 0.2) is 30.3 Å². The maximum atomic E-state index is 12.4. The van der Waals surface area contributed by atoms with Gasteiger partial charge in [-0.25, -0.2) is 0 Å². The SMILES string of the molecule is CC(C)C[C@H](N)C(=O)N1CC(=O)N([C@@H](Cc2ccccc2)C(N)=O)C1. The van der Waals surface area contributed by atoms with Gasteiger partial charge in [0.15, 0.2) is 0 Å². The van der Waals surface area contributed by atoms with Crippen LogP contribution in [0.4, 0.5) is 0 Å². The van der Waals surface area contributed by atoms with Gasteiger partial charge in [0, 0.05) is 6.42 Å². The normalized spacial score (nSPS) is 17.0. The molecular formula is C18H26N4O3. The average Bonchev–Trinajstić information content (AvgIpc) is 2.93. The summed E-state index contributed by atoms with van der Waals surface area (Å²) in [6.07, 6.45) is 0.870. The molecule has 7 heteroatoms. The second-order valence-corrected chi connectivity index (χ2v) is 6.89. The van der Waals surface area contributed by atoms with E-state index < -0.39 is 18.0 Å². The molecule has 0 bridgehead atoms. The largest absolute Gasteiger partial charge is 0.368 e. The predicted molar refractivity (Wildman–Crippen MR) is 94.0 cm³/mol. The second-order valence-electron chi connectivity index (χ2n) is 6.89.